The Morgan fingerprint density at radius 2 is 1.59 bits per heavy atom. The first-order valence-electron chi connectivity index (χ1n) is 11.4. The highest BCUT2D eigenvalue weighted by Gasteiger charge is 2.35. The van der Waals surface area contributed by atoms with Gasteiger partial charge in [-0.15, -0.1) is 0 Å². The molecular weight excluding hydrogens is 404 g/mol. The van der Waals surface area contributed by atoms with Crippen molar-refractivity contribution in [3.05, 3.63) is 59.2 Å². The molecule has 0 aromatic heterocycles. The van der Waals surface area contributed by atoms with Gasteiger partial charge in [-0.2, -0.15) is 0 Å². The van der Waals surface area contributed by atoms with Crippen molar-refractivity contribution in [1.82, 2.24) is 9.80 Å². The van der Waals surface area contributed by atoms with Gasteiger partial charge in [0.25, 0.3) is 17.7 Å². The van der Waals surface area contributed by atoms with Crippen molar-refractivity contribution in [3.8, 4) is 0 Å². The number of anilines is 2. The first-order valence-corrected chi connectivity index (χ1v) is 11.4. The summed E-state index contributed by atoms with van der Waals surface area (Å²) in [7, 11) is 0. The average Bonchev–Trinajstić information content (AvgIpc) is 3.07. The lowest BCUT2D eigenvalue weighted by Gasteiger charge is -2.35. The van der Waals surface area contributed by atoms with Gasteiger partial charge in [-0.1, -0.05) is 20.3 Å². The molecule has 0 bridgehead atoms. The molecule has 0 spiro atoms. The van der Waals surface area contributed by atoms with E-state index in [2.05, 4.69) is 22.0 Å². The number of hydrogen-bond acceptors (Lipinski definition) is 5. The molecule has 1 fully saturated rings. The maximum atomic E-state index is 12.8. The van der Waals surface area contributed by atoms with Crippen molar-refractivity contribution in [3.63, 3.8) is 0 Å². The molecule has 32 heavy (non-hydrogen) atoms. The van der Waals surface area contributed by atoms with E-state index in [-0.39, 0.29) is 17.7 Å². The van der Waals surface area contributed by atoms with Crippen molar-refractivity contribution >= 4 is 29.1 Å². The fourth-order valence-electron chi connectivity index (χ4n) is 4.23. The number of nitrogens with zero attached hydrogens (tertiary/aromatic N) is 3. The summed E-state index contributed by atoms with van der Waals surface area (Å²) in [5.74, 6) is -0.897. The third kappa shape index (κ3) is 4.39. The van der Waals surface area contributed by atoms with Crippen LogP contribution in [0.4, 0.5) is 11.4 Å². The minimum atomic E-state index is -0.319. The predicted molar refractivity (Wildman–Crippen MR) is 125 cm³/mol. The summed E-state index contributed by atoms with van der Waals surface area (Å²) in [5.41, 5.74) is 2.88. The summed E-state index contributed by atoms with van der Waals surface area (Å²) in [4.78, 5) is 44.0. The number of rotatable bonds is 7. The molecule has 7 heteroatoms. The van der Waals surface area contributed by atoms with Crippen molar-refractivity contribution in [1.29, 1.82) is 0 Å². The molecule has 0 aliphatic carbocycles. The van der Waals surface area contributed by atoms with Crippen LogP contribution in [0.1, 0.15) is 57.8 Å². The molecule has 168 valence electrons. The van der Waals surface area contributed by atoms with Crippen molar-refractivity contribution in [2.75, 3.05) is 49.5 Å². The highest BCUT2D eigenvalue weighted by molar-refractivity contribution is 6.22. The van der Waals surface area contributed by atoms with E-state index < -0.39 is 0 Å². The molecule has 2 aliphatic rings. The minimum absolute atomic E-state index is 0.277. The zero-order valence-electron chi connectivity index (χ0n) is 18.8. The van der Waals surface area contributed by atoms with Crippen LogP contribution in [0.25, 0.3) is 0 Å². The number of imide groups is 1. The van der Waals surface area contributed by atoms with E-state index >= 15 is 0 Å². The largest absolute Gasteiger partial charge is 0.369 e. The number of benzene rings is 2. The Balaban J connectivity index is 1.41. The Kier molecular flexibility index (Phi) is 6.55. The van der Waals surface area contributed by atoms with Crippen LogP contribution in [0, 0.1) is 0 Å². The lowest BCUT2D eigenvalue weighted by molar-refractivity contribution is 0.0652. The van der Waals surface area contributed by atoms with Gasteiger partial charge in [0.1, 0.15) is 0 Å². The van der Waals surface area contributed by atoms with Crippen LogP contribution >= 0.6 is 0 Å². The summed E-state index contributed by atoms with van der Waals surface area (Å²) >= 11 is 0. The van der Waals surface area contributed by atoms with Gasteiger partial charge in [0.2, 0.25) is 0 Å². The van der Waals surface area contributed by atoms with E-state index in [0.29, 0.717) is 28.9 Å². The minimum Gasteiger partial charge on any atom is -0.369 e. The quantitative estimate of drug-likeness (QED) is 0.676. The van der Waals surface area contributed by atoms with Gasteiger partial charge in [0.05, 0.1) is 11.1 Å². The molecule has 1 saturated heterocycles. The Hall–Kier alpha value is -3.19. The molecule has 1 N–H and O–H groups in total. The summed E-state index contributed by atoms with van der Waals surface area (Å²) in [5, 5.41) is 2.89. The van der Waals surface area contributed by atoms with Gasteiger partial charge in [0.15, 0.2) is 0 Å². The number of likely N-dealkylation sites (N-methyl/N-ethyl adjacent to an activating group) is 1. The fraction of sp³-hybridized carbons (Fsp3) is 0.400. The molecule has 2 aromatic carbocycles. The maximum Gasteiger partial charge on any atom is 0.261 e. The molecule has 2 aliphatic heterocycles. The van der Waals surface area contributed by atoms with Crippen LogP contribution in [0.2, 0.25) is 0 Å². The second-order valence-electron chi connectivity index (χ2n) is 8.30. The van der Waals surface area contributed by atoms with Crippen LogP contribution in [-0.4, -0.2) is 66.8 Å². The monoisotopic (exact) mass is 434 g/mol. The molecule has 0 unspecified atom stereocenters. The summed E-state index contributed by atoms with van der Waals surface area (Å²) < 4.78 is 0. The first kappa shape index (κ1) is 22.0. The second kappa shape index (κ2) is 9.53. The lowest BCUT2D eigenvalue weighted by atomic mass is 10.1. The standard InChI is InChI=1S/C25H30N4O3/c1-3-5-12-29-24(31)21-11-6-18(17-22(21)25(29)32)23(30)26-19-7-9-20(10-8-19)28-15-13-27(4-2)14-16-28/h6-11,17H,3-5,12-16H2,1-2H3,(H,26,30). The van der Waals surface area contributed by atoms with Gasteiger partial charge in [-0.05, 0) is 55.4 Å². The van der Waals surface area contributed by atoms with Gasteiger partial charge in [-0.25, -0.2) is 0 Å². The van der Waals surface area contributed by atoms with E-state index in [1.807, 2.05) is 31.2 Å². The molecule has 0 saturated carbocycles. The van der Waals surface area contributed by atoms with Crippen LogP contribution in [0.3, 0.4) is 0 Å². The number of fused-ring (bicyclic) bond motifs is 1. The summed E-state index contributed by atoms with van der Waals surface area (Å²) in [6.07, 6.45) is 1.66. The number of hydrogen-bond donors (Lipinski definition) is 1. The van der Waals surface area contributed by atoms with Gasteiger partial charge >= 0.3 is 0 Å². The Bertz CT molecular complexity index is 1010. The van der Waals surface area contributed by atoms with Crippen molar-refractivity contribution in [2.24, 2.45) is 0 Å². The summed E-state index contributed by atoms with van der Waals surface area (Å²) in [6.45, 7) is 9.80. The van der Waals surface area contributed by atoms with Crippen molar-refractivity contribution in [2.45, 2.75) is 26.7 Å². The van der Waals surface area contributed by atoms with E-state index in [9.17, 15) is 14.4 Å². The second-order valence-corrected chi connectivity index (χ2v) is 8.30. The number of unbranched alkanes of at least 4 members (excludes halogenated alkanes) is 1. The number of carbonyl (C=O) groups excluding carboxylic acids is 3. The third-order valence-corrected chi connectivity index (χ3v) is 6.28. The highest BCUT2D eigenvalue weighted by atomic mass is 16.2. The summed E-state index contributed by atoms with van der Waals surface area (Å²) in [6, 6.07) is 12.5. The number of carbonyl (C=O) groups is 3. The highest BCUT2D eigenvalue weighted by Crippen LogP contribution is 2.25. The SMILES string of the molecule is CCCCN1C(=O)c2ccc(C(=O)Nc3ccc(N4CCN(CC)CC4)cc3)cc2C1=O. The van der Waals surface area contributed by atoms with Crippen LogP contribution in [0.5, 0.6) is 0 Å². The Morgan fingerprint density at radius 3 is 2.25 bits per heavy atom. The molecule has 2 heterocycles. The molecule has 4 rings (SSSR count). The van der Waals surface area contributed by atoms with E-state index in [4.69, 9.17) is 0 Å². The van der Waals surface area contributed by atoms with Gasteiger partial charge in [-0.3, -0.25) is 19.3 Å². The molecule has 0 atom stereocenters. The molecule has 2 aromatic rings. The number of nitrogens with one attached hydrogen (secondary N) is 1. The van der Waals surface area contributed by atoms with E-state index in [1.165, 1.54) is 11.0 Å². The zero-order chi connectivity index (χ0) is 22.7. The smallest absolute Gasteiger partial charge is 0.261 e. The Labute approximate surface area is 189 Å². The van der Waals surface area contributed by atoms with Gasteiger partial charge < -0.3 is 15.1 Å². The van der Waals surface area contributed by atoms with E-state index in [0.717, 1.165) is 51.3 Å². The van der Waals surface area contributed by atoms with Gasteiger partial charge in [0, 0.05) is 49.7 Å². The average molecular weight is 435 g/mol. The van der Waals surface area contributed by atoms with Crippen LogP contribution in [0.15, 0.2) is 42.5 Å². The first-order chi connectivity index (χ1) is 15.5. The zero-order valence-corrected chi connectivity index (χ0v) is 18.8. The fourth-order valence-corrected chi connectivity index (χ4v) is 4.23. The van der Waals surface area contributed by atoms with Crippen LogP contribution < -0.4 is 10.2 Å². The molecule has 3 amide bonds. The molecule has 7 nitrogen and oxygen atoms in total. The Morgan fingerprint density at radius 1 is 0.906 bits per heavy atom. The van der Waals surface area contributed by atoms with Crippen LogP contribution in [-0.2, 0) is 0 Å². The maximum absolute atomic E-state index is 12.8. The molecular formula is C25H30N4O3. The lowest BCUT2D eigenvalue weighted by Crippen LogP contribution is -2.46. The third-order valence-electron chi connectivity index (χ3n) is 6.28. The van der Waals surface area contributed by atoms with E-state index in [1.54, 1.807) is 12.1 Å². The van der Waals surface area contributed by atoms with Crippen molar-refractivity contribution < 1.29 is 14.4 Å². The number of piperazine rings is 1. The molecule has 0 radical (unpaired) electrons. The number of amides is 3. The predicted octanol–water partition coefficient (Wildman–Crippen LogP) is 3.48. The topological polar surface area (TPSA) is 73.0 Å². The normalized spacial score (nSPS) is 16.4.